The minimum absolute atomic E-state index is 0.338. The lowest BCUT2D eigenvalue weighted by Crippen LogP contribution is -2.15. The van der Waals surface area contributed by atoms with Crippen LogP contribution in [-0.2, 0) is 0 Å². The summed E-state index contributed by atoms with van der Waals surface area (Å²) in [6, 6.07) is 9.90. The summed E-state index contributed by atoms with van der Waals surface area (Å²) in [7, 11) is 0. The van der Waals surface area contributed by atoms with Gasteiger partial charge < -0.3 is 5.73 Å². The summed E-state index contributed by atoms with van der Waals surface area (Å²) in [4.78, 5) is 0. The standard InChI is InChI=1S/C18H19F2N/c1-11-9-15(17(20)10-16(11)19)18(21)14-7-5-13(6-8-14)12-3-2-4-12/h5-10,12,18H,2-4,21H2,1H3. The first-order valence-corrected chi connectivity index (χ1v) is 7.37. The van der Waals surface area contributed by atoms with Gasteiger partial charge in [-0.1, -0.05) is 30.7 Å². The molecule has 0 heterocycles. The molecule has 3 heteroatoms. The van der Waals surface area contributed by atoms with Crippen molar-refractivity contribution in [1.29, 1.82) is 0 Å². The minimum Gasteiger partial charge on any atom is -0.320 e. The van der Waals surface area contributed by atoms with E-state index in [9.17, 15) is 8.78 Å². The van der Waals surface area contributed by atoms with E-state index in [1.54, 1.807) is 6.92 Å². The molecule has 0 aliphatic heterocycles. The van der Waals surface area contributed by atoms with Crippen molar-refractivity contribution in [3.05, 3.63) is 70.3 Å². The highest BCUT2D eigenvalue weighted by molar-refractivity contribution is 5.37. The highest BCUT2D eigenvalue weighted by Gasteiger charge is 2.20. The maximum Gasteiger partial charge on any atom is 0.131 e. The quantitative estimate of drug-likeness (QED) is 0.878. The van der Waals surface area contributed by atoms with Crippen molar-refractivity contribution in [3.8, 4) is 0 Å². The van der Waals surface area contributed by atoms with Crippen LogP contribution in [0.3, 0.4) is 0 Å². The predicted octanol–water partition coefficient (Wildman–Crippen LogP) is 4.59. The molecule has 1 atom stereocenters. The van der Waals surface area contributed by atoms with Gasteiger partial charge in [-0.3, -0.25) is 0 Å². The Hall–Kier alpha value is -1.74. The molecular weight excluding hydrogens is 268 g/mol. The van der Waals surface area contributed by atoms with E-state index >= 15 is 0 Å². The van der Waals surface area contributed by atoms with Gasteiger partial charge >= 0.3 is 0 Å². The summed E-state index contributed by atoms with van der Waals surface area (Å²) < 4.78 is 27.2. The summed E-state index contributed by atoms with van der Waals surface area (Å²) in [5, 5.41) is 0. The highest BCUT2D eigenvalue weighted by atomic mass is 19.1. The lowest BCUT2D eigenvalue weighted by molar-refractivity contribution is 0.419. The van der Waals surface area contributed by atoms with E-state index in [2.05, 4.69) is 12.1 Å². The first-order valence-electron chi connectivity index (χ1n) is 7.37. The minimum atomic E-state index is -0.589. The molecule has 1 aliphatic rings. The molecule has 2 aromatic carbocycles. The van der Waals surface area contributed by atoms with Gasteiger partial charge in [0.15, 0.2) is 0 Å². The van der Waals surface area contributed by atoms with Gasteiger partial charge in [-0.05, 0) is 48.4 Å². The van der Waals surface area contributed by atoms with Crippen LogP contribution in [0.25, 0.3) is 0 Å². The van der Waals surface area contributed by atoms with Crippen LogP contribution < -0.4 is 5.73 Å². The van der Waals surface area contributed by atoms with Gasteiger partial charge in [0.05, 0.1) is 6.04 Å². The zero-order valence-corrected chi connectivity index (χ0v) is 12.1. The van der Waals surface area contributed by atoms with Gasteiger partial charge in [-0.15, -0.1) is 0 Å². The summed E-state index contributed by atoms with van der Waals surface area (Å²) in [6.45, 7) is 1.62. The number of benzene rings is 2. The van der Waals surface area contributed by atoms with E-state index < -0.39 is 17.7 Å². The second-order valence-electron chi connectivity index (χ2n) is 5.90. The van der Waals surface area contributed by atoms with E-state index in [-0.39, 0.29) is 0 Å². The smallest absolute Gasteiger partial charge is 0.131 e. The Labute approximate surface area is 123 Å². The van der Waals surface area contributed by atoms with Crippen LogP contribution in [0.15, 0.2) is 36.4 Å². The molecule has 3 rings (SSSR count). The molecule has 0 saturated heterocycles. The summed E-state index contributed by atoms with van der Waals surface area (Å²) in [6.07, 6.45) is 3.79. The van der Waals surface area contributed by atoms with Crippen molar-refractivity contribution in [2.75, 3.05) is 0 Å². The fraction of sp³-hybridized carbons (Fsp3) is 0.333. The molecule has 2 aromatic rings. The van der Waals surface area contributed by atoms with Gasteiger partial charge in [-0.2, -0.15) is 0 Å². The first-order chi connectivity index (χ1) is 10.1. The van der Waals surface area contributed by atoms with Gasteiger partial charge in [-0.25, -0.2) is 8.78 Å². The van der Waals surface area contributed by atoms with Crippen LogP contribution in [0.1, 0.15) is 53.5 Å². The molecular formula is C18H19F2N. The molecule has 1 aliphatic carbocycles. The molecule has 0 radical (unpaired) electrons. The van der Waals surface area contributed by atoms with E-state index in [1.165, 1.54) is 30.9 Å². The maximum absolute atomic E-state index is 13.9. The topological polar surface area (TPSA) is 26.0 Å². The van der Waals surface area contributed by atoms with E-state index in [1.807, 2.05) is 12.1 Å². The zero-order valence-electron chi connectivity index (χ0n) is 12.1. The summed E-state index contributed by atoms with van der Waals surface area (Å²) in [5.41, 5.74) is 9.07. The van der Waals surface area contributed by atoms with Crippen molar-refractivity contribution in [1.82, 2.24) is 0 Å². The Morgan fingerprint density at radius 1 is 1.05 bits per heavy atom. The molecule has 1 unspecified atom stereocenters. The molecule has 1 nitrogen and oxygen atoms in total. The molecule has 0 aromatic heterocycles. The van der Waals surface area contributed by atoms with Crippen molar-refractivity contribution in [2.24, 2.45) is 5.73 Å². The fourth-order valence-electron chi connectivity index (χ4n) is 2.81. The maximum atomic E-state index is 13.9. The largest absolute Gasteiger partial charge is 0.320 e. The normalized spacial score (nSPS) is 16.6. The van der Waals surface area contributed by atoms with Gasteiger partial charge in [0.2, 0.25) is 0 Å². The molecule has 2 N–H and O–H groups in total. The fourth-order valence-corrected chi connectivity index (χ4v) is 2.81. The Morgan fingerprint density at radius 3 is 2.29 bits per heavy atom. The summed E-state index contributed by atoms with van der Waals surface area (Å²) >= 11 is 0. The van der Waals surface area contributed by atoms with Crippen LogP contribution in [0.4, 0.5) is 8.78 Å². The van der Waals surface area contributed by atoms with Crippen molar-refractivity contribution < 1.29 is 8.78 Å². The third-order valence-electron chi connectivity index (χ3n) is 4.49. The molecule has 0 amide bonds. The Kier molecular flexibility index (Phi) is 3.77. The lowest BCUT2D eigenvalue weighted by Gasteiger charge is -2.26. The number of hydrogen-bond donors (Lipinski definition) is 1. The number of nitrogens with two attached hydrogens (primary N) is 1. The third-order valence-corrected chi connectivity index (χ3v) is 4.49. The highest BCUT2D eigenvalue weighted by Crippen LogP contribution is 2.36. The predicted molar refractivity (Wildman–Crippen MR) is 80.2 cm³/mol. The van der Waals surface area contributed by atoms with Gasteiger partial charge in [0.25, 0.3) is 0 Å². The number of aryl methyl sites for hydroxylation is 1. The lowest BCUT2D eigenvalue weighted by atomic mass is 9.79. The van der Waals surface area contributed by atoms with Gasteiger partial charge in [0, 0.05) is 11.6 Å². The van der Waals surface area contributed by atoms with Crippen molar-refractivity contribution >= 4 is 0 Å². The average Bonchev–Trinajstić information content (AvgIpc) is 2.41. The molecule has 0 spiro atoms. The van der Waals surface area contributed by atoms with E-state index in [0.29, 0.717) is 17.0 Å². The van der Waals surface area contributed by atoms with Crippen molar-refractivity contribution in [2.45, 2.75) is 38.1 Å². The van der Waals surface area contributed by atoms with Crippen LogP contribution in [-0.4, -0.2) is 0 Å². The van der Waals surface area contributed by atoms with Crippen molar-refractivity contribution in [3.63, 3.8) is 0 Å². The Bertz CT molecular complexity index is 645. The SMILES string of the molecule is Cc1cc(C(N)c2ccc(C3CCC3)cc2)c(F)cc1F. The van der Waals surface area contributed by atoms with E-state index in [0.717, 1.165) is 11.6 Å². The van der Waals surface area contributed by atoms with Crippen LogP contribution >= 0.6 is 0 Å². The van der Waals surface area contributed by atoms with Crippen LogP contribution in [0, 0.1) is 18.6 Å². The monoisotopic (exact) mass is 287 g/mol. The Morgan fingerprint density at radius 2 is 1.71 bits per heavy atom. The molecule has 110 valence electrons. The number of halogens is 2. The summed E-state index contributed by atoms with van der Waals surface area (Å²) in [5.74, 6) is -0.461. The second-order valence-corrected chi connectivity index (χ2v) is 5.90. The van der Waals surface area contributed by atoms with E-state index in [4.69, 9.17) is 5.73 Å². The average molecular weight is 287 g/mol. The zero-order chi connectivity index (χ0) is 15.0. The number of hydrogen-bond acceptors (Lipinski definition) is 1. The Balaban J connectivity index is 1.87. The molecule has 21 heavy (non-hydrogen) atoms. The molecule has 1 saturated carbocycles. The molecule has 1 fully saturated rings. The second kappa shape index (κ2) is 5.57. The first kappa shape index (κ1) is 14.2. The van der Waals surface area contributed by atoms with Gasteiger partial charge in [0.1, 0.15) is 11.6 Å². The third kappa shape index (κ3) is 2.70. The van der Waals surface area contributed by atoms with Crippen LogP contribution in [0.5, 0.6) is 0 Å². The molecule has 0 bridgehead atoms. The number of rotatable bonds is 3. The van der Waals surface area contributed by atoms with Crippen LogP contribution in [0.2, 0.25) is 0 Å².